The first-order chi connectivity index (χ1) is 14.1. The van der Waals surface area contributed by atoms with E-state index in [-0.39, 0.29) is 32.7 Å². The molecule has 30 heavy (non-hydrogen) atoms. The highest BCUT2D eigenvalue weighted by Crippen LogP contribution is 2.50. The van der Waals surface area contributed by atoms with Gasteiger partial charge in [-0.3, -0.25) is 4.79 Å². The van der Waals surface area contributed by atoms with Crippen LogP contribution in [0.1, 0.15) is 25.0 Å². The Hall–Kier alpha value is -2.36. The molecule has 164 valence electrons. The van der Waals surface area contributed by atoms with Crippen molar-refractivity contribution in [1.82, 2.24) is 9.88 Å². The summed E-state index contributed by atoms with van der Waals surface area (Å²) >= 11 is 12.4. The predicted octanol–water partition coefficient (Wildman–Crippen LogP) is 1.78. The molecule has 1 heterocycles. The molecular formula is C19H22Cl2N2O7. The minimum Gasteiger partial charge on any atom is -0.468 e. The SMILES string of the molecule is CCN(CC)C1=C(C(=O)OC)[C@H](C(=O)OC)[C@@](O)(C(=O)OC)c2cc(Cl)nc(Cl)c21. The molecule has 0 fully saturated rings. The van der Waals surface area contributed by atoms with Gasteiger partial charge in [-0.15, -0.1) is 0 Å². The average molecular weight is 461 g/mol. The van der Waals surface area contributed by atoms with E-state index in [1.807, 2.05) is 13.8 Å². The summed E-state index contributed by atoms with van der Waals surface area (Å²) in [7, 11) is 3.20. The van der Waals surface area contributed by atoms with Gasteiger partial charge in [-0.25, -0.2) is 14.6 Å². The molecule has 1 aromatic rings. The first kappa shape index (κ1) is 23.9. The zero-order valence-electron chi connectivity index (χ0n) is 17.1. The van der Waals surface area contributed by atoms with Crippen LogP contribution in [0, 0.1) is 5.92 Å². The molecule has 0 saturated heterocycles. The number of halogens is 2. The van der Waals surface area contributed by atoms with E-state index >= 15 is 0 Å². The van der Waals surface area contributed by atoms with E-state index in [9.17, 15) is 19.5 Å². The molecule has 0 saturated carbocycles. The second-order valence-electron chi connectivity index (χ2n) is 6.30. The van der Waals surface area contributed by atoms with Gasteiger partial charge in [0.1, 0.15) is 16.2 Å². The normalized spacial score (nSPS) is 20.3. The molecule has 2 atom stereocenters. The Morgan fingerprint density at radius 3 is 2.20 bits per heavy atom. The van der Waals surface area contributed by atoms with E-state index in [0.29, 0.717) is 13.1 Å². The van der Waals surface area contributed by atoms with E-state index in [4.69, 9.17) is 37.4 Å². The predicted molar refractivity (Wildman–Crippen MR) is 108 cm³/mol. The molecule has 0 aromatic carbocycles. The van der Waals surface area contributed by atoms with Crippen LogP contribution < -0.4 is 0 Å². The maximum atomic E-state index is 12.9. The van der Waals surface area contributed by atoms with Gasteiger partial charge in [-0.1, -0.05) is 23.2 Å². The first-order valence-electron chi connectivity index (χ1n) is 8.96. The van der Waals surface area contributed by atoms with Crippen LogP contribution in [0.25, 0.3) is 5.70 Å². The smallest absolute Gasteiger partial charge is 0.343 e. The zero-order chi connectivity index (χ0) is 22.8. The molecule has 2 rings (SSSR count). The lowest BCUT2D eigenvalue weighted by atomic mass is 9.69. The Morgan fingerprint density at radius 1 is 1.13 bits per heavy atom. The van der Waals surface area contributed by atoms with E-state index in [2.05, 4.69) is 4.98 Å². The summed E-state index contributed by atoms with van der Waals surface area (Å²) in [5.41, 5.74) is -2.87. The van der Waals surface area contributed by atoms with Crippen LogP contribution >= 0.6 is 23.2 Å². The molecule has 0 aliphatic heterocycles. The first-order valence-corrected chi connectivity index (χ1v) is 9.72. The van der Waals surface area contributed by atoms with Crippen LogP contribution in [0.2, 0.25) is 10.3 Å². The summed E-state index contributed by atoms with van der Waals surface area (Å²) in [5, 5.41) is 11.3. The van der Waals surface area contributed by atoms with Gasteiger partial charge < -0.3 is 24.2 Å². The number of pyridine rings is 1. The molecule has 0 spiro atoms. The van der Waals surface area contributed by atoms with Crippen molar-refractivity contribution in [3.63, 3.8) is 0 Å². The Labute approximate surface area is 183 Å². The van der Waals surface area contributed by atoms with Crippen LogP contribution in [-0.2, 0) is 34.2 Å². The summed E-state index contributed by atoms with van der Waals surface area (Å²) in [6, 6.07) is 1.20. The van der Waals surface area contributed by atoms with Crippen LogP contribution in [-0.4, -0.2) is 67.3 Å². The number of fused-ring (bicyclic) bond motifs is 1. The molecule has 1 aliphatic rings. The number of aromatic nitrogens is 1. The molecule has 1 N–H and O–H groups in total. The van der Waals surface area contributed by atoms with Gasteiger partial charge >= 0.3 is 17.9 Å². The number of methoxy groups -OCH3 is 3. The van der Waals surface area contributed by atoms with Gasteiger partial charge in [0, 0.05) is 24.2 Å². The maximum Gasteiger partial charge on any atom is 0.343 e. The van der Waals surface area contributed by atoms with Gasteiger partial charge in [-0.05, 0) is 19.9 Å². The van der Waals surface area contributed by atoms with Gasteiger partial charge in [0.05, 0.1) is 32.6 Å². The largest absolute Gasteiger partial charge is 0.468 e. The number of carbonyl (C=O) groups is 3. The van der Waals surface area contributed by atoms with E-state index in [0.717, 1.165) is 21.3 Å². The highest BCUT2D eigenvalue weighted by atomic mass is 35.5. The van der Waals surface area contributed by atoms with Crippen molar-refractivity contribution in [3.8, 4) is 0 Å². The zero-order valence-corrected chi connectivity index (χ0v) is 18.6. The van der Waals surface area contributed by atoms with Crippen LogP contribution in [0.15, 0.2) is 11.6 Å². The van der Waals surface area contributed by atoms with Crippen molar-refractivity contribution in [1.29, 1.82) is 0 Å². The van der Waals surface area contributed by atoms with Crippen LogP contribution in [0.5, 0.6) is 0 Å². The molecule has 0 radical (unpaired) electrons. The highest BCUT2D eigenvalue weighted by molar-refractivity contribution is 6.34. The van der Waals surface area contributed by atoms with Crippen molar-refractivity contribution >= 4 is 46.8 Å². The summed E-state index contributed by atoms with van der Waals surface area (Å²) < 4.78 is 14.5. The molecule has 1 aromatic heterocycles. The number of hydrogen-bond donors (Lipinski definition) is 1. The third kappa shape index (κ3) is 3.61. The quantitative estimate of drug-likeness (QED) is 0.385. The fourth-order valence-corrected chi connectivity index (χ4v) is 4.15. The Kier molecular flexibility index (Phi) is 7.33. The number of hydrogen-bond acceptors (Lipinski definition) is 9. The standard InChI is InChI=1S/C19H22Cl2N2O7/c1-6-23(7-2)14-11-9(8-10(20)22-15(11)21)19(27,18(26)30-5)13(17(25)29-4)12(14)16(24)28-3/h8,13,27H,6-7H2,1-5H3/t13-,19-/m1/s1. The number of ether oxygens (including phenoxy) is 3. The molecular weight excluding hydrogens is 439 g/mol. The van der Waals surface area contributed by atoms with Crippen molar-refractivity contribution in [3.05, 3.63) is 33.1 Å². The van der Waals surface area contributed by atoms with Gasteiger partial charge in [0.2, 0.25) is 5.60 Å². The van der Waals surface area contributed by atoms with Gasteiger partial charge in [0.15, 0.2) is 0 Å². The molecule has 0 unspecified atom stereocenters. The number of esters is 3. The van der Waals surface area contributed by atoms with Crippen molar-refractivity contribution < 1.29 is 33.7 Å². The maximum absolute atomic E-state index is 12.9. The summed E-state index contributed by atoms with van der Waals surface area (Å²) in [6.07, 6.45) is 0. The lowest BCUT2D eigenvalue weighted by Crippen LogP contribution is -2.53. The van der Waals surface area contributed by atoms with E-state index in [1.54, 1.807) is 4.90 Å². The topological polar surface area (TPSA) is 115 Å². The fraction of sp³-hybridized carbons (Fsp3) is 0.474. The Morgan fingerprint density at radius 2 is 1.73 bits per heavy atom. The fourth-order valence-electron chi connectivity index (χ4n) is 3.63. The number of nitrogens with zero attached hydrogens (tertiary/aromatic N) is 2. The van der Waals surface area contributed by atoms with E-state index < -0.39 is 29.4 Å². The second-order valence-corrected chi connectivity index (χ2v) is 7.04. The Bertz CT molecular complexity index is 914. The van der Waals surface area contributed by atoms with Gasteiger partial charge in [0.25, 0.3) is 0 Å². The minimum atomic E-state index is -2.67. The summed E-state index contributed by atoms with van der Waals surface area (Å²) in [5.74, 6) is -5.02. The molecule has 1 aliphatic carbocycles. The summed E-state index contributed by atoms with van der Waals surface area (Å²) in [6.45, 7) is 4.43. The van der Waals surface area contributed by atoms with Gasteiger partial charge in [-0.2, -0.15) is 0 Å². The monoisotopic (exact) mass is 460 g/mol. The second kappa shape index (κ2) is 9.20. The number of rotatable bonds is 6. The third-order valence-electron chi connectivity index (χ3n) is 4.97. The van der Waals surface area contributed by atoms with Crippen molar-refractivity contribution in [2.24, 2.45) is 5.92 Å². The minimum absolute atomic E-state index is 0.0678. The van der Waals surface area contributed by atoms with Crippen molar-refractivity contribution in [2.75, 3.05) is 34.4 Å². The third-order valence-corrected chi connectivity index (χ3v) is 5.44. The average Bonchev–Trinajstić information content (AvgIpc) is 2.73. The van der Waals surface area contributed by atoms with Crippen molar-refractivity contribution in [2.45, 2.75) is 19.4 Å². The number of aliphatic hydroxyl groups is 1. The van der Waals surface area contributed by atoms with Crippen LogP contribution in [0.3, 0.4) is 0 Å². The lowest BCUT2D eigenvalue weighted by molar-refractivity contribution is -0.179. The molecule has 0 amide bonds. The molecule has 9 nitrogen and oxygen atoms in total. The van der Waals surface area contributed by atoms with E-state index in [1.165, 1.54) is 6.07 Å². The molecule has 11 heteroatoms. The molecule has 0 bridgehead atoms. The number of carbonyl (C=O) groups excluding carboxylic acids is 3. The summed E-state index contributed by atoms with van der Waals surface area (Å²) in [4.78, 5) is 44.2. The lowest BCUT2D eigenvalue weighted by Gasteiger charge is -2.41. The van der Waals surface area contributed by atoms with Crippen LogP contribution in [0.4, 0.5) is 0 Å². The Balaban J connectivity index is 3.16. The highest BCUT2D eigenvalue weighted by Gasteiger charge is 2.60.